The quantitative estimate of drug-likeness (QED) is 0.430. The standard InChI is InChI=1S/C28H35N3O5/c1-17-8-9-18(15-29-17)19-12-21(13-19)34-20-10-11-24-22(14-20)23(30-25(32)35-27(2,3)4)16-31(24)26(33)36-28(5,6)7/h8-11,14-16,19,21H,12-13H2,1-7H3,(H,30,32)/t19-,21-. The fourth-order valence-corrected chi connectivity index (χ4v) is 4.10. The van der Waals surface area contributed by atoms with Crippen LogP contribution in [0, 0.1) is 6.92 Å². The van der Waals surface area contributed by atoms with Crippen LogP contribution in [0.1, 0.15) is 71.6 Å². The number of aryl methyl sites for hydroxylation is 1. The van der Waals surface area contributed by atoms with Crippen LogP contribution in [0.25, 0.3) is 10.9 Å². The third kappa shape index (κ3) is 6.17. The van der Waals surface area contributed by atoms with E-state index in [1.54, 1.807) is 53.8 Å². The molecular formula is C28H35N3O5. The molecule has 0 saturated heterocycles. The minimum absolute atomic E-state index is 0.0870. The lowest BCUT2D eigenvalue weighted by Crippen LogP contribution is -2.32. The number of amides is 1. The van der Waals surface area contributed by atoms with Crippen molar-refractivity contribution in [2.75, 3.05) is 5.32 Å². The number of carbonyl (C=O) groups is 2. The lowest BCUT2D eigenvalue weighted by atomic mass is 9.78. The zero-order chi connectivity index (χ0) is 26.3. The number of ether oxygens (including phenoxy) is 3. The van der Waals surface area contributed by atoms with Crippen molar-refractivity contribution in [2.24, 2.45) is 0 Å². The molecule has 1 N–H and O–H groups in total. The zero-order valence-corrected chi connectivity index (χ0v) is 22.0. The summed E-state index contributed by atoms with van der Waals surface area (Å²) in [5.41, 5.74) is 1.95. The van der Waals surface area contributed by atoms with Gasteiger partial charge in [-0.15, -0.1) is 0 Å². The van der Waals surface area contributed by atoms with Crippen LogP contribution in [0.2, 0.25) is 0 Å². The average Bonchev–Trinajstić information content (AvgIpc) is 3.06. The fourth-order valence-electron chi connectivity index (χ4n) is 4.10. The molecule has 2 heterocycles. The molecule has 0 aliphatic heterocycles. The van der Waals surface area contributed by atoms with Gasteiger partial charge in [0.15, 0.2) is 0 Å². The van der Waals surface area contributed by atoms with Gasteiger partial charge in [0.25, 0.3) is 0 Å². The van der Waals surface area contributed by atoms with Gasteiger partial charge in [-0.2, -0.15) is 0 Å². The van der Waals surface area contributed by atoms with Crippen LogP contribution >= 0.6 is 0 Å². The van der Waals surface area contributed by atoms with E-state index in [1.165, 1.54) is 10.1 Å². The maximum absolute atomic E-state index is 12.9. The van der Waals surface area contributed by atoms with Gasteiger partial charge in [-0.1, -0.05) is 6.07 Å². The molecule has 1 saturated carbocycles. The van der Waals surface area contributed by atoms with Crippen LogP contribution in [0.15, 0.2) is 42.7 Å². The predicted octanol–water partition coefficient (Wildman–Crippen LogP) is 6.80. The Morgan fingerprint density at radius 1 is 1.00 bits per heavy atom. The number of carbonyl (C=O) groups excluding carboxylic acids is 2. The second kappa shape index (κ2) is 9.48. The van der Waals surface area contributed by atoms with Gasteiger partial charge in [0.05, 0.1) is 17.3 Å². The number of benzene rings is 1. The largest absolute Gasteiger partial charge is 0.490 e. The summed E-state index contributed by atoms with van der Waals surface area (Å²) < 4.78 is 18.6. The molecule has 1 aliphatic rings. The normalized spacial score (nSPS) is 17.9. The molecule has 8 heteroatoms. The van der Waals surface area contributed by atoms with Crippen LogP contribution in [-0.4, -0.2) is 39.0 Å². The highest BCUT2D eigenvalue weighted by molar-refractivity contribution is 6.03. The van der Waals surface area contributed by atoms with Crippen LogP contribution in [0.3, 0.4) is 0 Å². The summed E-state index contributed by atoms with van der Waals surface area (Å²) in [4.78, 5) is 29.8. The summed E-state index contributed by atoms with van der Waals surface area (Å²) in [5.74, 6) is 1.10. The van der Waals surface area contributed by atoms with Gasteiger partial charge >= 0.3 is 12.2 Å². The molecule has 4 rings (SSSR count). The summed E-state index contributed by atoms with van der Waals surface area (Å²) in [6.45, 7) is 12.8. The van der Waals surface area contributed by atoms with Gasteiger partial charge in [0.1, 0.15) is 17.0 Å². The highest BCUT2D eigenvalue weighted by Gasteiger charge is 2.32. The van der Waals surface area contributed by atoms with E-state index in [1.807, 2.05) is 31.3 Å². The monoisotopic (exact) mass is 493 g/mol. The number of anilines is 1. The highest BCUT2D eigenvalue weighted by Crippen LogP contribution is 2.40. The van der Waals surface area contributed by atoms with Crippen LogP contribution in [-0.2, 0) is 9.47 Å². The van der Waals surface area contributed by atoms with Crippen molar-refractivity contribution in [2.45, 2.75) is 84.5 Å². The predicted molar refractivity (Wildman–Crippen MR) is 139 cm³/mol. The minimum Gasteiger partial charge on any atom is -0.490 e. The number of pyridine rings is 1. The Morgan fingerprint density at radius 2 is 1.69 bits per heavy atom. The minimum atomic E-state index is -0.663. The molecule has 1 fully saturated rings. The van der Waals surface area contributed by atoms with Crippen molar-refractivity contribution >= 4 is 28.8 Å². The molecule has 0 unspecified atom stereocenters. The summed E-state index contributed by atoms with van der Waals surface area (Å²) in [5, 5.41) is 3.42. The fraction of sp³-hybridized carbons (Fsp3) is 0.464. The molecule has 0 spiro atoms. The lowest BCUT2D eigenvalue weighted by molar-refractivity contribution is 0.0541. The van der Waals surface area contributed by atoms with E-state index < -0.39 is 23.4 Å². The van der Waals surface area contributed by atoms with Gasteiger partial charge in [-0.25, -0.2) is 9.59 Å². The van der Waals surface area contributed by atoms with Crippen molar-refractivity contribution in [3.63, 3.8) is 0 Å². The summed E-state index contributed by atoms with van der Waals surface area (Å²) >= 11 is 0. The Bertz CT molecular complexity index is 1260. The van der Waals surface area contributed by atoms with Crippen LogP contribution in [0.4, 0.5) is 15.3 Å². The van der Waals surface area contributed by atoms with E-state index in [4.69, 9.17) is 14.2 Å². The topological polar surface area (TPSA) is 91.7 Å². The Labute approximate surface area is 211 Å². The van der Waals surface area contributed by atoms with E-state index >= 15 is 0 Å². The summed E-state index contributed by atoms with van der Waals surface area (Å²) in [7, 11) is 0. The van der Waals surface area contributed by atoms with Crippen LogP contribution < -0.4 is 10.1 Å². The molecule has 0 bridgehead atoms. The smallest absolute Gasteiger partial charge is 0.419 e. The third-order valence-electron chi connectivity index (χ3n) is 5.80. The third-order valence-corrected chi connectivity index (χ3v) is 5.80. The number of aromatic nitrogens is 2. The van der Waals surface area contributed by atoms with Crippen molar-refractivity contribution < 1.29 is 23.8 Å². The number of fused-ring (bicyclic) bond motifs is 1. The first-order chi connectivity index (χ1) is 16.8. The first-order valence-corrected chi connectivity index (χ1v) is 12.2. The van der Waals surface area contributed by atoms with E-state index in [2.05, 4.69) is 16.4 Å². The van der Waals surface area contributed by atoms with E-state index in [0.29, 0.717) is 28.3 Å². The number of hydrogen-bond donors (Lipinski definition) is 1. The molecular weight excluding hydrogens is 458 g/mol. The lowest BCUT2D eigenvalue weighted by Gasteiger charge is -2.35. The Morgan fingerprint density at radius 3 is 2.31 bits per heavy atom. The molecule has 0 atom stereocenters. The van der Waals surface area contributed by atoms with Crippen LogP contribution in [0.5, 0.6) is 5.75 Å². The first-order valence-electron chi connectivity index (χ1n) is 12.2. The van der Waals surface area contributed by atoms with E-state index in [-0.39, 0.29) is 6.10 Å². The molecule has 1 aliphatic carbocycles. The number of nitrogens with zero attached hydrogens (tertiary/aromatic N) is 2. The molecule has 1 aromatic carbocycles. The molecule has 3 aromatic rings. The SMILES string of the molecule is Cc1ccc([C@H]2C[C@H](Oc3ccc4c(c3)c(NC(=O)OC(C)(C)C)cn4C(=O)OC(C)(C)C)C2)cn1. The van der Waals surface area contributed by atoms with Crippen molar-refractivity contribution in [1.29, 1.82) is 0 Å². The maximum Gasteiger partial charge on any atom is 0.419 e. The first kappa shape index (κ1) is 25.5. The van der Waals surface area contributed by atoms with Crippen molar-refractivity contribution in [3.05, 3.63) is 54.0 Å². The second-order valence-electron chi connectivity index (χ2n) is 11.3. The highest BCUT2D eigenvalue weighted by atomic mass is 16.6. The van der Waals surface area contributed by atoms with Gasteiger partial charge in [0.2, 0.25) is 0 Å². The van der Waals surface area contributed by atoms with Gasteiger partial charge in [-0.3, -0.25) is 14.9 Å². The number of rotatable bonds is 4. The van der Waals surface area contributed by atoms with E-state index in [0.717, 1.165) is 18.5 Å². The molecule has 0 radical (unpaired) electrons. The summed E-state index contributed by atoms with van der Waals surface area (Å²) in [6, 6.07) is 9.63. The number of nitrogens with one attached hydrogen (secondary N) is 1. The van der Waals surface area contributed by atoms with Gasteiger partial charge in [-0.05, 0) is 97.1 Å². The molecule has 36 heavy (non-hydrogen) atoms. The summed E-state index contributed by atoms with van der Waals surface area (Å²) in [6.07, 6.45) is 4.25. The zero-order valence-electron chi connectivity index (χ0n) is 22.0. The maximum atomic E-state index is 12.9. The number of hydrogen-bond acceptors (Lipinski definition) is 6. The Balaban J connectivity index is 1.55. The Hall–Kier alpha value is -3.55. The Kier molecular flexibility index (Phi) is 6.73. The van der Waals surface area contributed by atoms with E-state index in [9.17, 15) is 9.59 Å². The van der Waals surface area contributed by atoms with Crippen molar-refractivity contribution in [3.8, 4) is 5.75 Å². The molecule has 8 nitrogen and oxygen atoms in total. The van der Waals surface area contributed by atoms with Gasteiger partial charge < -0.3 is 14.2 Å². The molecule has 192 valence electrons. The second-order valence-corrected chi connectivity index (χ2v) is 11.3. The molecule has 2 aromatic heterocycles. The average molecular weight is 494 g/mol. The van der Waals surface area contributed by atoms with Gasteiger partial charge in [0, 0.05) is 23.5 Å². The van der Waals surface area contributed by atoms with Crippen molar-refractivity contribution in [1.82, 2.24) is 9.55 Å². The molecule has 1 amide bonds.